The largest absolute Gasteiger partial charge is 0.497 e. The van der Waals surface area contributed by atoms with Gasteiger partial charge in [-0.25, -0.2) is 4.39 Å². The molecule has 0 aliphatic carbocycles. The van der Waals surface area contributed by atoms with Crippen LogP contribution in [-0.2, 0) is 11.3 Å². The number of rotatable bonds is 7. The van der Waals surface area contributed by atoms with Gasteiger partial charge in [0, 0.05) is 25.7 Å². The first-order valence-electron chi connectivity index (χ1n) is 12.1. The van der Waals surface area contributed by atoms with Gasteiger partial charge in [0.2, 0.25) is 17.6 Å². The molecule has 1 saturated heterocycles. The first-order valence-corrected chi connectivity index (χ1v) is 12.1. The number of hydrogen-bond donors (Lipinski definition) is 0. The number of fused-ring (bicyclic) bond motifs is 1. The summed E-state index contributed by atoms with van der Waals surface area (Å²) in [4.78, 5) is 21.4. The van der Waals surface area contributed by atoms with Crippen LogP contribution in [0.5, 0.6) is 5.75 Å². The maximum atomic E-state index is 13.6. The Morgan fingerprint density at radius 1 is 1.17 bits per heavy atom. The quantitative estimate of drug-likeness (QED) is 0.369. The maximum absolute atomic E-state index is 13.6. The van der Waals surface area contributed by atoms with Crippen molar-refractivity contribution in [2.45, 2.75) is 25.3 Å². The van der Waals surface area contributed by atoms with Crippen LogP contribution in [0.3, 0.4) is 0 Å². The van der Waals surface area contributed by atoms with Gasteiger partial charge in [-0.2, -0.15) is 4.98 Å². The molecule has 4 aromatic rings. The van der Waals surface area contributed by atoms with Crippen molar-refractivity contribution in [1.82, 2.24) is 19.9 Å². The van der Waals surface area contributed by atoms with Crippen molar-refractivity contribution in [2.75, 3.05) is 33.8 Å². The molecule has 0 saturated carbocycles. The molecule has 1 unspecified atom stereocenters. The highest BCUT2D eigenvalue weighted by molar-refractivity contribution is 5.84. The Labute approximate surface area is 209 Å². The minimum absolute atomic E-state index is 0.0455. The van der Waals surface area contributed by atoms with E-state index in [9.17, 15) is 9.18 Å². The average Bonchev–Trinajstić information content (AvgIpc) is 3.39. The summed E-state index contributed by atoms with van der Waals surface area (Å²) in [6.07, 6.45) is 1.85. The number of nitrogens with zero attached hydrogens (tertiary/aromatic N) is 4. The molecular formula is C28H29FN4O3. The van der Waals surface area contributed by atoms with Crippen LogP contribution in [0.4, 0.5) is 4.39 Å². The molecule has 0 bridgehead atoms. The molecule has 8 heteroatoms. The third-order valence-corrected chi connectivity index (χ3v) is 6.70. The molecule has 1 amide bonds. The molecule has 1 aromatic heterocycles. The summed E-state index contributed by atoms with van der Waals surface area (Å²) in [5.41, 5.74) is 1.66. The molecule has 5 rings (SSSR count). The number of hydrogen-bond acceptors (Lipinski definition) is 6. The number of benzene rings is 3. The van der Waals surface area contributed by atoms with Gasteiger partial charge in [0.25, 0.3) is 0 Å². The molecule has 186 valence electrons. The molecular weight excluding hydrogens is 459 g/mol. The van der Waals surface area contributed by atoms with Crippen molar-refractivity contribution in [3.8, 4) is 17.1 Å². The smallest absolute Gasteiger partial charge is 0.236 e. The van der Waals surface area contributed by atoms with E-state index in [1.807, 2.05) is 31.3 Å². The van der Waals surface area contributed by atoms with Crippen LogP contribution in [0.2, 0.25) is 0 Å². The Morgan fingerprint density at radius 3 is 2.83 bits per heavy atom. The molecule has 0 N–H and O–H groups in total. The number of methoxy groups -OCH3 is 1. The van der Waals surface area contributed by atoms with Crippen molar-refractivity contribution in [3.05, 3.63) is 77.9 Å². The molecule has 3 aromatic carbocycles. The summed E-state index contributed by atoms with van der Waals surface area (Å²) in [5.74, 6) is 1.52. The zero-order chi connectivity index (χ0) is 25.1. The van der Waals surface area contributed by atoms with Gasteiger partial charge in [-0.15, -0.1) is 0 Å². The van der Waals surface area contributed by atoms with Crippen LogP contribution in [0.25, 0.3) is 22.2 Å². The van der Waals surface area contributed by atoms with E-state index < -0.39 is 0 Å². The molecule has 0 radical (unpaired) electrons. The number of ether oxygens (including phenoxy) is 1. The van der Waals surface area contributed by atoms with E-state index in [1.165, 1.54) is 12.1 Å². The number of likely N-dealkylation sites (tertiary alicyclic amines) is 1. The van der Waals surface area contributed by atoms with E-state index in [-0.39, 0.29) is 17.6 Å². The topological polar surface area (TPSA) is 71.7 Å². The number of halogens is 1. The van der Waals surface area contributed by atoms with Crippen molar-refractivity contribution < 1.29 is 18.4 Å². The van der Waals surface area contributed by atoms with Crippen molar-refractivity contribution in [1.29, 1.82) is 0 Å². The second-order valence-electron chi connectivity index (χ2n) is 9.34. The van der Waals surface area contributed by atoms with Crippen LogP contribution in [0, 0.1) is 5.82 Å². The standard InChI is InChI=1S/C28H29FN4O3/c1-32(16-19-8-9-21-15-25(35-2)11-10-20(21)13-19)26(34)18-33-12-4-6-23(17-33)28-30-27(31-36-28)22-5-3-7-24(29)14-22/h3,5,7-11,13-15,23H,4,6,12,16-18H2,1-2H3. The lowest BCUT2D eigenvalue weighted by Crippen LogP contribution is -2.42. The van der Waals surface area contributed by atoms with E-state index in [1.54, 1.807) is 24.1 Å². The molecule has 1 fully saturated rings. The summed E-state index contributed by atoms with van der Waals surface area (Å²) >= 11 is 0. The van der Waals surface area contributed by atoms with Gasteiger partial charge in [0.15, 0.2) is 0 Å². The van der Waals surface area contributed by atoms with E-state index in [0.717, 1.165) is 41.5 Å². The maximum Gasteiger partial charge on any atom is 0.236 e. The van der Waals surface area contributed by atoms with Crippen molar-refractivity contribution in [3.63, 3.8) is 0 Å². The lowest BCUT2D eigenvalue weighted by Gasteiger charge is -2.31. The first-order chi connectivity index (χ1) is 17.5. The van der Waals surface area contributed by atoms with Gasteiger partial charge in [0.05, 0.1) is 19.6 Å². The van der Waals surface area contributed by atoms with Crippen molar-refractivity contribution in [2.24, 2.45) is 0 Å². The van der Waals surface area contributed by atoms with Crippen molar-refractivity contribution >= 4 is 16.7 Å². The van der Waals surface area contributed by atoms with Crippen LogP contribution in [-0.4, -0.2) is 59.6 Å². The summed E-state index contributed by atoms with van der Waals surface area (Å²) < 4.78 is 24.4. The number of likely N-dealkylation sites (N-methyl/N-ethyl adjacent to an activating group) is 1. The summed E-state index contributed by atoms with van der Waals surface area (Å²) in [5, 5.41) is 6.26. The Hall–Kier alpha value is -3.78. The molecule has 2 heterocycles. The van der Waals surface area contributed by atoms with Gasteiger partial charge in [-0.1, -0.05) is 35.5 Å². The van der Waals surface area contributed by atoms with Gasteiger partial charge in [-0.3, -0.25) is 9.69 Å². The molecule has 1 aliphatic rings. The number of piperidine rings is 1. The fourth-order valence-corrected chi connectivity index (χ4v) is 4.72. The molecule has 1 aliphatic heterocycles. The number of carbonyl (C=O) groups is 1. The highest BCUT2D eigenvalue weighted by Gasteiger charge is 2.28. The molecule has 36 heavy (non-hydrogen) atoms. The zero-order valence-electron chi connectivity index (χ0n) is 20.5. The van der Waals surface area contributed by atoms with Crippen LogP contribution in [0.15, 0.2) is 65.2 Å². The molecule has 0 spiro atoms. The third-order valence-electron chi connectivity index (χ3n) is 6.70. The Bertz CT molecular complexity index is 1370. The van der Waals surface area contributed by atoms with Gasteiger partial charge < -0.3 is 14.2 Å². The fraction of sp³-hybridized carbons (Fsp3) is 0.321. The average molecular weight is 489 g/mol. The van der Waals surface area contributed by atoms with E-state index >= 15 is 0 Å². The Balaban J connectivity index is 1.19. The second-order valence-corrected chi connectivity index (χ2v) is 9.34. The lowest BCUT2D eigenvalue weighted by atomic mass is 9.98. The minimum atomic E-state index is -0.339. The predicted molar refractivity (Wildman–Crippen MR) is 135 cm³/mol. The zero-order valence-corrected chi connectivity index (χ0v) is 20.5. The van der Waals surface area contributed by atoms with Crippen LogP contribution < -0.4 is 4.74 Å². The van der Waals surface area contributed by atoms with Crippen LogP contribution >= 0.6 is 0 Å². The number of carbonyl (C=O) groups excluding carboxylic acids is 1. The summed E-state index contributed by atoms with van der Waals surface area (Å²) in [7, 11) is 3.50. The van der Waals surface area contributed by atoms with E-state index in [0.29, 0.717) is 36.9 Å². The second kappa shape index (κ2) is 10.5. The molecule has 1 atom stereocenters. The number of amides is 1. The normalized spacial score (nSPS) is 16.2. The number of aromatic nitrogens is 2. The minimum Gasteiger partial charge on any atom is -0.497 e. The SMILES string of the molecule is COc1ccc2cc(CN(C)C(=O)CN3CCCC(c4nc(-c5cccc(F)c5)no4)C3)ccc2c1. The third kappa shape index (κ3) is 5.39. The Kier molecular flexibility index (Phi) is 6.95. The Morgan fingerprint density at radius 2 is 2.00 bits per heavy atom. The van der Waals surface area contributed by atoms with E-state index in [4.69, 9.17) is 9.26 Å². The van der Waals surface area contributed by atoms with Crippen LogP contribution in [0.1, 0.15) is 30.2 Å². The summed E-state index contributed by atoms with van der Waals surface area (Å²) in [6.45, 7) is 2.39. The molecule has 7 nitrogen and oxygen atoms in total. The summed E-state index contributed by atoms with van der Waals surface area (Å²) in [6, 6.07) is 18.4. The highest BCUT2D eigenvalue weighted by Crippen LogP contribution is 2.28. The predicted octanol–water partition coefficient (Wildman–Crippen LogP) is 4.88. The van der Waals surface area contributed by atoms with Gasteiger partial charge >= 0.3 is 0 Å². The fourth-order valence-electron chi connectivity index (χ4n) is 4.72. The monoisotopic (exact) mass is 488 g/mol. The van der Waals surface area contributed by atoms with Gasteiger partial charge in [0.1, 0.15) is 11.6 Å². The lowest BCUT2D eigenvalue weighted by molar-refractivity contribution is -0.132. The first kappa shape index (κ1) is 23.9. The van der Waals surface area contributed by atoms with E-state index in [2.05, 4.69) is 27.2 Å². The van der Waals surface area contributed by atoms with Gasteiger partial charge in [-0.05, 0) is 66.1 Å². The highest BCUT2D eigenvalue weighted by atomic mass is 19.1.